The van der Waals surface area contributed by atoms with Gasteiger partial charge in [-0.25, -0.2) is 13.9 Å². The molecule has 1 aromatic carbocycles. The second kappa shape index (κ2) is 9.55. The van der Waals surface area contributed by atoms with Crippen LogP contribution in [-0.2, 0) is 17.8 Å². The predicted molar refractivity (Wildman–Crippen MR) is 130 cm³/mol. The van der Waals surface area contributed by atoms with Gasteiger partial charge in [-0.2, -0.15) is 5.10 Å². The Hall–Kier alpha value is -3.86. The van der Waals surface area contributed by atoms with Gasteiger partial charge in [-0.1, -0.05) is 6.07 Å². The summed E-state index contributed by atoms with van der Waals surface area (Å²) in [6, 6.07) is 6.72. The maximum absolute atomic E-state index is 14.4. The number of hydrogen-bond donors (Lipinski definition) is 2. The molecule has 4 aliphatic rings. The third-order valence-corrected chi connectivity index (χ3v) is 7.56. The predicted octanol–water partition coefficient (Wildman–Crippen LogP) is 1.37. The summed E-state index contributed by atoms with van der Waals surface area (Å²) in [5.41, 5.74) is 1.31. The van der Waals surface area contributed by atoms with E-state index < -0.39 is 17.6 Å². The van der Waals surface area contributed by atoms with Crippen LogP contribution in [0.25, 0.3) is 5.65 Å². The van der Waals surface area contributed by atoms with Gasteiger partial charge in [-0.05, 0) is 55.5 Å². The van der Waals surface area contributed by atoms with Crippen molar-refractivity contribution in [2.45, 2.75) is 25.8 Å². The summed E-state index contributed by atoms with van der Waals surface area (Å²) in [5.74, 6) is -0.0849. The van der Waals surface area contributed by atoms with Crippen molar-refractivity contribution in [2.24, 2.45) is 11.8 Å². The number of Topliss-reactive ketones (excluding diaryl/α,β-unsaturated/α-hetero) is 1. The molecule has 2 amide bonds. The number of carbonyl (C=O) groups excluding carboxylic acids is 3. The number of nitrogens with zero attached hydrogens (tertiary/aromatic N) is 4. The molecule has 3 aromatic rings. The maximum Gasteiger partial charge on any atom is 0.270 e. The number of hydrogen-bond acceptors (Lipinski definition) is 7. The summed E-state index contributed by atoms with van der Waals surface area (Å²) < 4.78 is 20.9. The number of piperidine rings is 3. The number of carbonyl (C=O) groups is 3. The first-order valence-corrected chi connectivity index (χ1v) is 12.5. The Balaban J connectivity index is 1.17. The van der Waals surface area contributed by atoms with Crippen molar-refractivity contribution in [2.75, 3.05) is 32.8 Å². The molecule has 4 aliphatic heterocycles. The first kappa shape index (κ1) is 23.5. The molecule has 0 radical (unpaired) electrons. The molecule has 3 fully saturated rings. The summed E-state index contributed by atoms with van der Waals surface area (Å²) >= 11 is 0. The molecule has 7 rings (SSSR count). The van der Waals surface area contributed by atoms with Crippen LogP contribution >= 0.6 is 0 Å². The molecule has 37 heavy (non-hydrogen) atoms. The van der Waals surface area contributed by atoms with Crippen LogP contribution in [0.5, 0.6) is 5.75 Å². The zero-order valence-electron chi connectivity index (χ0n) is 20.2. The molecular formula is C26H27FN6O4. The minimum Gasteiger partial charge on any atom is -0.486 e. The van der Waals surface area contributed by atoms with E-state index in [1.807, 2.05) is 6.07 Å². The standard InChI is InChI=1S/C26H27FN6O4/c27-20-12-30-33-22(26(36)29-11-18-13-32-5-3-16(18)4-6-32)9-21(31-24(20)33)25(35)28-10-15-1-2-23-17(7-15)8-19(34)14-37-23/h1-2,7,9,12,16,18H,3-6,8,10-11,13-14H2,(H,28,35)(H,29,36)/t18-/m0/s1. The number of benzene rings is 1. The van der Waals surface area contributed by atoms with Gasteiger partial charge in [0.25, 0.3) is 11.8 Å². The Kier molecular flexibility index (Phi) is 6.07. The highest BCUT2D eigenvalue weighted by Crippen LogP contribution is 2.31. The topological polar surface area (TPSA) is 118 Å². The molecule has 0 saturated carbocycles. The minimum atomic E-state index is -0.722. The van der Waals surface area contributed by atoms with Gasteiger partial charge in [-0.3, -0.25) is 14.4 Å². The first-order valence-electron chi connectivity index (χ1n) is 12.5. The molecule has 0 spiro atoms. The zero-order valence-corrected chi connectivity index (χ0v) is 20.2. The largest absolute Gasteiger partial charge is 0.486 e. The summed E-state index contributed by atoms with van der Waals surface area (Å²) in [6.45, 7) is 3.93. The SMILES string of the molecule is O=C1COc2ccc(CNC(=O)c3cc(C(=O)NC[C@H]4CN5CCC4CC5)n4ncc(F)c4n3)cc2C1. The number of amides is 2. The second-order valence-corrected chi connectivity index (χ2v) is 9.99. The second-order valence-electron chi connectivity index (χ2n) is 9.99. The highest BCUT2D eigenvalue weighted by atomic mass is 19.1. The van der Waals surface area contributed by atoms with Crippen molar-refractivity contribution in [3.63, 3.8) is 0 Å². The lowest BCUT2D eigenvalue weighted by atomic mass is 9.79. The Bertz CT molecular complexity index is 1400. The van der Waals surface area contributed by atoms with Crippen LogP contribution < -0.4 is 15.4 Å². The van der Waals surface area contributed by atoms with Crippen LogP contribution in [0.4, 0.5) is 4.39 Å². The average molecular weight is 507 g/mol. The van der Waals surface area contributed by atoms with E-state index in [-0.39, 0.29) is 42.4 Å². The van der Waals surface area contributed by atoms with Gasteiger partial charge in [0.1, 0.15) is 23.7 Å². The van der Waals surface area contributed by atoms with Crippen molar-refractivity contribution < 1.29 is 23.5 Å². The smallest absolute Gasteiger partial charge is 0.270 e. The van der Waals surface area contributed by atoms with E-state index in [0.717, 1.165) is 54.3 Å². The summed E-state index contributed by atoms with van der Waals surface area (Å²) in [5, 5.41) is 9.68. The van der Waals surface area contributed by atoms with Gasteiger partial charge in [0.15, 0.2) is 17.2 Å². The van der Waals surface area contributed by atoms with Gasteiger partial charge in [0.2, 0.25) is 0 Å². The molecule has 2 aromatic heterocycles. The van der Waals surface area contributed by atoms with Crippen molar-refractivity contribution in [3.8, 4) is 5.75 Å². The number of ketones is 1. The molecule has 192 valence electrons. The Labute approximate surface area is 212 Å². The van der Waals surface area contributed by atoms with Crippen LogP contribution in [0.15, 0.2) is 30.5 Å². The van der Waals surface area contributed by atoms with E-state index >= 15 is 0 Å². The highest BCUT2D eigenvalue weighted by Gasteiger charge is 2.34. The summed E-state index contributed by atoms with van der Waals surface area (Å²) in [7, 11) is 0. The normalized spacial score (nSPS) is 22.4. The van der Waals surface area contributed by atoms with Gasteiger partial charge in [0.05, 0.1) is 6.20 Å². The number of nitrogens with one attached hydrogen (secondary N) is 2. The third kappa shape index (κ3) is 4.66. The maximum atomic E-state index is 14.4. The van der Waals surface area contributed by atoms with Gasteiger partial charge >= 0.3 is 0 Å². The van der Waals surface area contributed by atoms with Crippen molar-refractivity contribution in [3.05, 3.63) is 58.8 Å². The van der Waals surface area contributed by atoms with Crippen LogP contribution in [0.1, 0.15) is 44.9 Å². The number of aromatic nitrogens is 3. The summed E-state index contributed by atoms with van der Waals surface area (Å²) in [6.07, 6.45) is 3.54. The number of rotatable bonds is 6. The van der Waals surface area contributed by atoms with Crippen molar-refractivity contribution >= 4 is 23.2 Å². The van der Waals surface area contributed by atoms with Crippen molar-refractivity contribution in [1.82, 2.24) is 30.1 Å². The molecule has 6 heterocycles. The molecule has 11 heteroatoms. The zero-order chi connectivity index (χ0) is 25.5. The first-order chi connectivity index (χ1) is 17.9. The van der Waals surface area contributed by atoms with E-state index in [2.05, 4.69) is 25.6 Å². The molecule has 3 saturated heterocycles. The molecule has 0 aliphatic carbocycles. The van der Waals surface area contributed by atoms with E-state index in [1.165, 1.54) is 6.07 Å². The molecule has 1 atom stereocenters. The van der Waals surface area contributed by atoms with Gasteiger partial charge in [-0.15, -0.1) is 0 Å². The monoisotopic (exact) mass is 506 g/mol. The van der Waals surface area contributed by atoms with Crippen LogP contribution in [0, 0.1) is 17.7 Å². The molecule has 10 nitrogen and oxygen atoms in total. The van der Waals surface area contributed by atoms with Gasteiger partial charge < -0.3 is 20.3 Å². The van der Waals surface area contributed by atoms with E-state index in [1.54, 1.807) is 12.1 Å². The molecule has 2 bridgehead atoms. The number of fused-ring (bicyclic) bond motifs is 5. The minimum absolute atomic E-state index is 0.00618. The Morgan fingerprint density at radius 2 is 1.97 bits per heavy atom. The molecule has 2 N–H and O–H groups in total. The van der Waals surface area contributed by atoms with E-state index in [4.69, 9.17) is 4.74 Å². The van der Waals surface area contributed by atoms with Gasteiger partial charge in [0, 0.05) is 37.7 Å². The Morgan fingerprint density at radius 3 is 2.76 bits per heavy atom. The quantitative estimate of drug-likeness (QED) is 0.519. The Morgan fingerprint density at radius 1 is 1.14 bits per heavy atom. The van der Waals surface area contributed by atoms with Crippen LogP contribution in [0.3, 0.4) is 0 Å². The lowest BCUT2D eigenvalue weighted by Crippen LogP contribution is -2.50. The molecular weight excluding hydrogens is 479 g/mol. The third-order valence-electron chi connectivity index (χ3n) is 7.56. The number of halogens is 1. The fourth-order valence-corrected chi connectivity index (χ4v) is 5.56. The van der Waals surface area contributed by atoms with E-state index in [0.29, 0.717) is 24.1 Å². The van der Waals surface area contributed by atoms with Crippen LogP contribution in [-0.4, -0.2) is 69.9 Å². The van der Waals surface area contributed by atoms with Crippen LogP contribution in [0.2, 0.25) is 0 Å². The molecule has 0 unspecified atom stereocenters. The van der Waals surface area contributed by atoms with E-state index in [9.17, 15) is 18.8 Å². The fraction of sp³-hybridized carbons (Fsp3) is 0.423. The van der Waals surface area contributed by atoms with Crippen molar-refractivity contribution in [1.29, 1.82) is 0 Å². The average Bonchev–Trinajstić information content (AvgIpc) is 3.30. The number of ether oxygens (including phenoxy) is 1. The lowest BCUT2D eigenvalue weighted by molar-refractivity contribution is -0.121. The fourth-order valence-electron chi connectivity index (χ4n) is 5.56. The lowest BCUT2D eigenvalue weighted by Gasteiger charge is -2.44. The highest BCUT2D eigenvalue weighted by molar-refractivity contribution is 5.98. The summed E-state index contributed by atoms with van der Waals surface area (Å²) in [4.78, 5) is 44.3.